The van der Waals surface area contributed by atoms with Crippen LogP contribution in [0.25, 0.3) is 10.6 Å². The minimum Gasteiger partial charge on any atom is -0.330 e. The number of nitrogens with zero attached hydrogens (tertiary/aromatic N) is 2. The third kappa shape index (κ3) is 3.20. The van der Waals surface area contributed by atoms with Gasteiger partial charge in [-0.25, -0.2) is 0 Å². The SMILES string of the molecule is Cc1ccc(-c2nnc(NC(=O)C(C)CN)s2)c(C)c1. The Bertz CT molecular complexity index is 623. The van der Waals surface area contributed by atoms with Crippen LogP contribution in [0.3, 0.4) is 0 Å². The Labute approximate surface area is 122 Å². The van der Waals surface area contributed by atoms with Crippen molar-refractivity contribution in [1.29, 1.82) is 0 Å². The molecule has 2 rings (SSSR count). The Balaban J connectivity index is 2.18. The summed E-state index contributed by atoms with van der Waals surface area (Å²) in [5, 5.41) is 12.2. The number of hydrogen-bond acceptors (Lipinski definition) is 5. The molecule has 0 radical (unpaired) electrons. The molecule has 0 saturated heterocycles. The van der Waals surface area contributed by atoms with Gasteiger partial charge in [0, 0.05) is 18.0 Å². The van der Waals surface area contributed by atoms with E-state index in [1.165, 1.54) is 16.9 Å². The van der Waals surface area contributed by atoms with Gasteiger partial charge in [0.05, 0.1) is 0 Å². The molecule has 0 aliphatic heterocycles. The molecule has 1 aromatic carbocycles. The molecule has 0 bridgehead atoms. The molecule has 5 nitrogen and oxygen atoms in total. The van der Waals surface area contributed by atoms with Gasteiger partial charge in [0.25, 0.3) is 0 Å². The molecular weight excluding hydrogens is 272 g/mol. The number of amides is 1. The fraction of sp³-hybridized carbons (Fsp3) is 0.357. The summed E-state index contributed by atoms with van der Waals surface area (Å²) in [6.45, 7) is 6.19. The van der Waals surface area contributed by atoms with E-state index < -0.39 is 0 Å². The molecule has 20 heavy (non-hydrogen) atoms. The monoisotopic (exact) mass is 290 g/mol. The first-order chi connectivity index (χ1) is 9.51. The van der Waals surface area contributed by atoms with Gasteiger partial charge >= 0.3 is 0 Å². The molecule has 106 valence electrons. The Hall–Kier alpha value is -1.79. The van der Waals surface area contributed by atoms with Crippen LogP contribution >= 0.6 is 11.3 Å². The molecule has 0 spiro atoms. The number of carbonyl (C=O) groups is 1. The van der Waals surface area contributed by atoms with Crippen molar-refractivity contribution in [3.63, 3.8) is 0 Å². The number of anilines is 1. The van der Waals surface area contributed by atoms with Gasteiger partial charge in [-0.2, -0.15) is 0 Å². The average Bonchev–Trinajstić information content (AvgIpc) is 2.85. The normalized spacial score (nSPS) is 12.2. The third-order valence-corrected chi connectivity index (χ3v) is 3.94. The molecular formula is C14H18N4OS. The van der Waals surface area contributed by atoms with Crippen LogP contribution in [-0.4, -0.2) is 22.6 Å². The molecule has 1 amide bonds. The summed E-state index contributed by atoms with van der Waals surface area (Å²) in [4.78, 5) is 11.7. The fourth-order valence-electron chi connectivity index (χ4n) is 1.77. The maximum atomic E-state index is 11.7. The van der Waals surface area contributed by atoms with Crippen molar-refractivity contribution in [3.8, 4) is 10.6 Å². The van der Waals surface area contributed by atoms with Crippen LogP contribution in [0.2, 0.25) is 0 Å². The molecule has 0 fully saturated rings. The number of hydrogen-bond donors (Lipinski definition) is 2. The summed E-state index contributed by atoms with van der Waals surface area (Å²) >= 11 is 1.37. The van der Waals surface area contributed by atoms with E-state index in [1.54, 1.807) is 6.92 Å². The van der Waals surface area contributed by atoms with Crippen LogP contribution in [0.4, 0.5) is 5.13 Å². The molecule has 1 heterocycles. The zero-order chi connectivity index (χ0) is 14.7. The van der Waals surface area contributed by atoms with E-state index in [9.17, 15) is 4.79 Å². The van der Waals surface area contributed by atoms with E-state index in [4.69, 9.17) is 5.73 Å². The van der Waals surface area contributed by atoms with Gasteiger partial charge in [-0.3, -0.25) is 4.79 Å². The average molecular weight is 290 g/mol. The van der Waals surface area contributed by atoms with Gasteiger partial charge in [0.1, 0.15) is 5.01 Å². The lowest BCUT2D eigenvalue weighted by atomic mass is 10.1. The van der Waals surface area contributed by atoms with Crippen LogP contribution in [-0.2, 0) is 4.79 Å². The number of rotatable bonds is 4. The quantitative estimate of drug-likeness (QED) is 0.905. The van der Waals surface area contributed by atoms with Crippen LogP contribution in [0.15, 0.2) is 18.2 Å². The number of carbonyl (C=O) groups excluding carboxylic acids is 1. The molecule has 0 aliphatic rings. The molecule has 1 aromatic heterocycles. The first kappa shape index (κ1) is 14.6. The van der Waals surface area contributed by atoms with Crippen LogP contribution in [0.5, 0.6) is 0 Å². The number of nitrogens with two attached hydrogens (primary N) is 1. The van der Waals surface area contributed by atoms with Crippen LogP contribution in [0.1, 0.15) is 18.1 Å². The molecule has 3 N–H and O–H groups in total. The second-order valence-corrected chi connectivity index (χ2v) is 5.83. The summed E-state index contributed by atoms with van der Waals surface area (Å²) in [7, 11) is 0. The predicted molar refractivity (Wildman–Crippen MR) is 81.7 cm³/mol. The van der Waals surface area contributed by atoms with Crippen LogP contribution in [0, 0.1) is 19.8 Å². The van der Waals surface area contributed by atoms with E-state index in [0.717, 1.165) is 16.1 Å². The Morgan fingerprint density at radius 2 is 2.15 bits per heavy atom. The zero-order valence-electron chi connectivity index (χ0n) is 11.8. The third-order valence-electron chi connectivity index (χ3n) is 3.07. The van der Waals surface area contributed by atoms with E-state index in [2.05, 4.69) is 28.5 Å². The van der Waals surface area contributed by atoms with Crippen molar-refractivity contribution >= 4 is 22.4 Å². The molecule has 0 aliphatic carbocycles. The second-order valence-electron chi connectivity index (χ2n) is 4.86. The van der Waals surface area contributed by atoms with Crippen LogP contribution < -0.4 is 11.1 Å². The first-order valence-electron chi connectivity index (χ1n) is 6.43. The summed E-state index contributed by atoms with van der Waals surface area (Å²) in [6, 6.07) is 6.17. The highest BCUT2D eigenvalue weighted by atomic mass is 32.1. The summed E-state index contributed by atoms with van der Waals surface area (Å²) < 4.78 is 0. The van der Waals surface area contributed by atoms with Gasteiger partial charge < -0.3 is 11.1 Å². The standard InChI is InChI=1S/C14H18N4OS/c1-8-4-5-11(9(2)6-8)13-17-18-14(20-13)16-12(19)10(3)7-15/h4-6,10H,7,15H2,1-3H3,(H,16,18,19). The van der Waals surface area contributed by atoms with E-state index in [0.29, 0.717) is 11.7 Å². The fourth-order valence-corrected chi connectivity index (χ4v) is 2.61. The highest BCUT2D eigenvalue weighted by molar-refractivity contribution is 7.18. The molecule has 2 aromatic rings. The van der Waals surface area contributed by atoms with Crippen molar-refractivity contribution in [2.75, 3.05) is 11.9 Å². The number of aryl methyl sites for hydroxylation is 2. The van der Waals surface area contributed by atoms with Gasteiger partial charge in [-0.15, -0.1) is 10.2 Å². The molecule has 6 heteroatoms. The van der Waals surface area contributed by atoms with Crippen molar-refractivity contribution in [1.82, 2.24) is 10.2 Å². The molecule has 1 atom stereocenters. The maximum Gasteiger partial charge on any atom is 0.230 e. The smallest absolute Gasteiger partial charge is 0.230 e. The van der Waals surface area contributed by atoms with Gasteiger partial charge in [-0.1, -0.05) is 42.0 Å². The largest absolute Gasteiger partial charge is 0.330 e. The van der Waals surface area contributed by atoms with Gasteiger partial charge in [-0.05, 0) is 19.4 Å². The van der Waals surface area contributed by atoms with Gasteiger partial charge in [0.15, 0.2) is 0 Å². The predicted octanol–water partition coefficient (Wildman–Crippen LogP) is 2.36. The lowest BCUT2D eigenvalue weighted by Crippen LogP contribution is -2.26. The van der Waals surface area contributed by atoms with Gasteiger partial charge in [0.2, 0.25) is 11.0 Å². The second kappa shape index (κ2) is 6.11. The number of aromatic nitrogens is 2. The zero-order valence-corrected chi connectivity index (χ0v) is 12.6. The first-order valence-corrected chi connectivity index (χ1v) is 7.25. The minimum atomic E-state index is -0.233. The molecule has 0 saturated carbocycles. The molecule has 1 unspecified atom stereocenters. The van der Waals surface area contributed by atoms with E-state index in [-0.39, 0.29) is 11.8 Å². The Morgan fingerprint density at radius 1 is 1.40 bits per heavy atom. The lowest BCUT2D eigenvalue weighted by Gasteiger charge is -2.06. The van der Waals surface area contributed by atoms with Crippen molar-refractivity contribution < 1.29 is 4.79 Å². The summed E-state index contributed by atoms with van der Waals surface area (Å²) in [6.07, 6.45) is 0. The summed E-state index contributed by atoms with van der Waals surface area (Å²) in [5.74, 6) is -0.362. The van der Waals surface area contributed by atoms with Crippen molar-refractivity contribution in [3.05, 3.63) is 29.3 Å². The highest BCUT2D eigenvalue weighted by Crippen LogP contribution is 2.29. The Morgan fingerprint density at radius 3 is 2.80 bits per heavy atom. The minimum absolute atomic E-state index is 0.129. The number of nitrogens with one attached hydrogen (secondary N) is 1. The maximum absolute atomic E-state index is 11.7. The summed E-state index contributed by atoms with van der Waals surface area (Å²) in [5.41, 5.74) is 8.86. The van der Waals surface area contributed by atoms with E-state index in [1.807, 2.05) is 19.1 Å². The lowest BCUT2D eigenvalue weighted by molar-refractivity contribution is -0.119. The van der Waals surface area contributed by atoms with Crippen molar-refractivity contribution in [2.45, 2.75) is 20.8 Å². The Kier molecular flexibility index (Phi) is 4.46. The van der Waals surface area contributed by atoms with E-state index >= 15 is 0 Å². The van der Waals surface area contributed by atoms with Crippen molar-refractivity contribution in [2.24, 2.45) is 11.7 Å². The number of benzene rings is 1. The highest BCUT2D eigenvalue weighted by Gasteiger charge is 2.14. The topological polar surface area (TPSA) is 80.9 Å².